The molecule has 23 heavy (non-hydrogen) atoms. The molecule has 116 valence electrons. The summed E-state index contributed by atoms with van der Waals surface area (Å²) in [4.78, 5) is 42.8. The van der Waals surface area contributed by atoms with Gasteiger partial charge in [0.2, 0.25) is 0 Å². The predicted octanol–water partition coefficient (Wildman–Crippen LogP) is 2.53. The number of non-ortho nitro benzene ring substituents is 2. The van der Waals surface area contributed by atoms with Crippen molar-refractivity contribution in [3.05, 3.63) is 73.8 Å². The molecule has 2 aromatic carbocycles. The van der Waals surface area contributed by atoms with Gasteiger partial charge in [0.1, 0.15) is 5.75 Å². The number of rotatable bonds is 5. The van der Waals surface area contributed by atoms with Crippen LogP contribution in [0.1, 0.15) is 20.7 Å². The van der Waals surface area contributed by atoms with Crippen molar-refractivity contribution in [1.29, 1.82) is 0 Å². The highest BCUT2D eigenvalue weighted by molar-refractivity contribution is 5.93. The lowest BCUT2D eigenvalue weighted by molar-refractivity contribution is -0.385. The Morgan fingerprint density at radius 1 is 0.957 bits per heavy atom. The van der Waals surface area contributed by atoms with Gasteiger partial charge in [-0.25, -0.2) is 4.79 Å². The number of carbonyl (C=O) groups excluding carboxylic acids is 2. The molecule has 2 rings (SSSR count). The molecule has 0 aliphatic heterocycles. The second-order valence-corrected chi connectivity index (χ2v) is 4.29. The summed E-state index contributed by atoms with van der Waals surface area (Å²) in [7, 11) is 0. The molecule has 0 aliphatic rings. The summed E-state index contributed by atoms with van der Waals surface area (Å²) in [6.45, 7) is 0. The lowest BCUT2D eigenvalue weighted by Crippen LogP contribution is -2.10. The molecule has 9 heteroatoms. The topological polar surface area (TPSA) is 130 Å². The smallest absolute Gasteiger partial charge is 0.343 e. The Balaban J connectivity index is 2.24. The van der Waals surface area contributed by atoms with Gasteiger partial charge in [0.05, 0.1) is 21.0 Å². The van der Waals surface area contributed by atoms with Crippen LogP contribution in [0.3, 0.4) is 0 Å². The van der Waals surface area contributed by atoms with Gasteiger partial charge in [-0.2, -0.15) is 0 Å². The average molecular weight is 316 g/mol. The van der Waals surface area contributed by atoms with Gasteiger partial charge >= 0.3 is 5.97 Å². The first-order chi connectivity index (χ1) is 10.9. The summed E-state index contributed by atoms with van der Waals surface area (Å²) >= 11 is 0. The van der Waals surface area contributed by atoms with E-state index in [1.807, 2.05) is 0 Å². The van der Waals surface area contributed by atoms with Crippen molar-refractivity contribution in [2.45, 2.75) is 0 Å². The number of aldehydes is 1. The number of benzene rings is 2. The van der Waals surface area contributed by atoms with E-state index in [4.69, 9.17) is 4.74 Å². The number of hydrogen-bond donors (Lipinski definition) is 0. The molecule has 0 aliphatic carbocycles. The van der Waals surface area contributed by atoms with Crippen LogP contribution in [-0.2, 0) is 0 Å². The molecule has 0 aromatic heterocycles. The number of carbonyl (C=O) groups is 2. The predicted molar refractivity (Wildman–Crippen MR) is 76.5 cm³/mol. The normalized spacial score (nSPS) is 9.91. The Kier molecular flexibility index (Phi) is 4.41. The van der Waals surface area contributed by atoms with Gasteiger partial charge in [0.25, 0.3) is 11.4 Å². The standard InChI is InChI=1S/C14H8N2O7/c17-8-10-7-12(16(21)22)5-6-13(10)23-14(18)9-1-3-11(4-2-9)15(19)20/h1-8H. The Morgan fingerprint density at radius 3 is 2.04 bits per heavy atom. The number of nitrogens with zero attached hydrogens (tertiary/aromatic N) is 2. The van der Waals surface area contributed by atoms with Gasteiger partial charge in [-0.3, -0.25) is 25.0 Å². The van der Waals surface area contributed by atoms with Crippen molar-refractivity contribution in [2.75, 3.05) is 0 Å². The van der Waals surface area contributed by atoms with Gasteiger partial charge in [0.15, 0.2) is 6.29 Å². The molecule has 0 saturated carbocycles. The quantitative estimate of drug-likeness (QED) is 0.272. The monoisotopic (exact) mass is 316 g/mol. The molecule has 0 atom stereocenters. The van der Waals surface area contributed by atoms with Crippen molar-refractivity contribution in [1.82, 2.24) is 0 Å². The third-order valence-electron chi connectivity index (χ3n) is 2.85. The molecule has 0 radical (unpaired) electrons. The van der Waals surface area contributed by atoms with Crippen LogP contribution in [0.2, 0.25) is 0 Å². The summed E-state index contributed by atoms with van der Waals surface area (Å²) in [5, 5.41) is 21.2. The lowest BCUT2D eigenvalue weighted by atomic mass is 10.2. The van der Waals surface area contributed by atoms with Crippen molar-refractivity contribution in [3.63, 3.8) is 0 Å². The second kappa shape index (κ2) is 6.43. The van der Waals surface area contributed by atoms with E-state index >= 15 is 0 Å². The fraction of sp³-hybridized carbons (Fsp3) is 0. The number of esters is 1. The molecule has 0 bridgehead atoms. The molecule has 0 saturated heterocycles. The summed E-state index contributed by atoms with van der Waals surface area (Å²) in [6.07, 6.45) is 0.325. The van der Waals surface area contributed by atoms with Crippen LogP contribution in [0.4, 0.5) is 11.4 Å². The first kappa shape index (κ1) is 15.8. The number of hydrogen-bond acceptors (Lipinski definition) is 7. The highest BCUT2D eigenvalue weighted by Gasteiger charge is 2.16. The second-order valence-electron chi connectivity index (χ2n) is 4.29. The van der Waals surface area contributed by atoms with Gasteiger partial charge < -0.3 is 4.74 Å². The highest BCUT2D eigenvalue weighted by atomic mass is 16.6. The van der Waals surface area contributed by atoms with Crippen LogP contribution in [0.25, 0.3) is 0 Å². The van der Waals surface area contributed by atoms with Crippen molar-refractivity contribution < 1.29 is 24.2 Å². The average Bonchev–Trinajstić information content (AvgIpc) is 2.55. The van der Waals surface area contributed by atoms with E-state index in [-0.39, 0.29) is 28.3 Å². The molecule has 0 amide bonds. The Morgan fingerprint density at radius 2 is 1.52 bits per heavy atom. The zero-order valence-electron chi connectivity index (χ0n) is 11.4. The maximum atomic E-state index is 11.9. The van der Waals surface area contributed by atoms with E-state index in [2.05, 4.69) is 0 Å². The Labute approximate surface area is 128 Å². The third kappa shape index (κ3) is 3.53. The number of nitro benzene ring substituents is 2. The number of ether oxygens (including phenoxy) is 1. The summed E-state index contributed by atoms with van der Waals surface area (Å²) in [5.41, 5.74) is -0.632. The van der Waals surface area contributed by atoms with Crippen LogP contribution in [0.5, 0.6) is 5.75 Å². The van der Waals surface area contributed by atoms with E-state index in [1.165, 1.54) is 12.1 Å². The lowest BCUT2D eigenvalue weighted by Gasteiger charge is -2.06. The molecule has 0 fully saturated rings. The Bertz CT molecular complexity index is 799. The van der Waals surface area contributed by atoms with Crippen molar-refractivity contribution in [3.8, 4) is 5.75 Å². The van der Waals surface area contributed by atoms with Gasteiger partial charge in [-0.1, -0.05) is 0 Å². The maximum Gasteiger partial charge on any atom is 0.343 e. The van der Waals surface area contributed by atoms with Crippen LogP contribution >= 0.6 is 0 Å². The van der Waals surface area contributed by atoms with Crippen molar-refractivity contribution in [2.24, 2.45) is 0 Å². The molecular weight excluding hydrogens is 308 g/mol. The highest BCUT2D eigenvalue weighted by Crippen LogP contribution is 2.24. The summed E-state index contributed by atoms with van der Waals surface area (Å²) in [5.74, 6) is -0.995. The maximum absolute atomic E-state index is 11.9. The molecule has 0 unspecified atom stereocenters. The van der Waals surface area contributed by atoms with Crippen LogP contribution in [0.15, 0.2) is 42.5 Å². The van der Waals surface area contributed by atoms with Gasteiger partial charge in [-0.15, -0.1) is 0 Å². The molecule has 2 aromatic rings. The molecular formula is C14H8N2O7. The fourth-order valence-electron chi connectivity index (χ4n) is 1.71. The van der Waals surface area contributed by atoms with E-state index in [0.717, 1.165) is 30.3 Å². The fourth-order valence-corrected chi connectivity index (χ4v) is 1.71. The summed E-state index contributed by atoms with van der Waals surface area (Å²) < 4.78 is 4.99. The minimum atomic E-state index is -0.850. The Hall–Kier alpha value is -3.62. The molecule has 0 heterocycles. The van der Waals surface area contributed by atoms with Gasteiger partial charge in [0, 0.05) is 24.3 Å². The zero-order chi connectivity index (χ0) is 17.0. The van der Waals surface area contributed by atoms with Crippen LogP contribution in [-0.4, -0.2) is 22.1 Å². The van der Waals surface area contributed by atoms with Gasteiger partial charge in [-0.05, 0) is 18.2 Å². The molecule has 9 nitrogen and oxygen atoms in total. The minimum absolute atomic E-state index is 0.0331. The molecule has 0 spiro atoms. The largest absolute Gasteiger partial charge is 0.422 e. The van der Waals surface area contributed by atoms with E-state index in [9.17, 15) is 29.8 Å². The van der Waals surface area contributed by atoms with E-state index < -0.39 is 15.8 Å². The van der Waals surface area contributed by atoms with Crippen molar-refractivity contribution >= 4 is 23.6 Å². The molecule has 0 N–H and O–H groups in total. The van der Waals surface area contributed by atoms with Crippen LogP contribution < -0.4 is 4.74 Å². The minimum Gasteiger partial charge on any atom is -0.422 e. The van der Waals surface area contributed by atoms with E-state index in [1.54, 1.807) is 0 Å². The third-order valence-corrected chi connectivity index (χ3v) is 2.85. The first-order valence-corrected chi connectivity index (χ1v) is 6.12. The first-order valence-electron chi connectivity index (χ1n) is 6.12. The van der Waals surface area contributed by atoms with Crippen LogP contribution in [0, 0.1) is 20.2 Å². The zero-order valence-corrected chi connectivity index (χ0v) is 11.4. The van der Waals surface area contributed by atoms with E-state index in [0.29, 0.717) is 6.29 Å². The summed E-state index contributed by atoms with van der Waals surface area (Å²) in [6, 6.07) is 7.86. The number of nitro groups is 2. The SMILES string of the molecule is O=Cc1cc([N+](=O)[O-])ccc1OC(=O)c1ccc([N+](=O)[O-])cc1.